The first-order chi connectivity index (χ1) is 7.84. The summed E-state index contributed by atoms with van der Waals surface area (Å²) in [5.74, 6) is -0.428. The van der Waals surface area contributed by atoms with Gasteiger partial charge >= 0.3 is 5.97 Å². The van der Waals surface area contributed by atoms with Crippen molar-refractivity contribution in [2.75, 3.05) is 11.4 Å². The van der Waals surface area contributed by atoms with Gasteiger partial charge in [-0.15, -0.1) is 0 Å². The fourth-order valence-electron chi connectivity index (χ4n) is 1.43. The molecule has 0 aromatic carbocycles. The van der Waals surface area contributed by atoms with Crippen LogP contribution in [0, 0.1) is 11.3 Å². The number of nitriles is 1. The number of rotatable bonds is 3. The minimum Gasteiger partial charge on any atom is -0.480 e. The minimum absolute atomic E-state index is 0.147. The van der Waals surface area contributed by atoms with Gasteiger partial charge in [0.25, 0.3) is 0 Å². The second-order valence-corrected chi connectivity index (χ2v) is 4.67. The first kappa shape index (κ1) is 13.0. The molecule has 0 atom stereocenters. The first-order valence-electron chi connectivity index (χ1n) is 5.20. The second kappa shape index (κ2) is 4.83. The maximum absolute atomic E-state index is 10.8. The van der Waals surface area contributed by atoms with E-state index in [4.69, 9.17) is 10.4 Å². The molecule has 0 fully saturated rings. The monoisotopic (exact) mass is 233 g/mol. The molecule has 17 heavy (non-hydrogen) atoms. The fourth-order valence-corrected chi connectivity index (χ4v) is 1.43. The smallest absolute Gasteiger partial charge is 0.323 e. The van der Waals surface area contributed by atoms with Crippen molar-refractivity contribution in [1.82, 2.24) is 4.98 Å². The quantitative estimate of drug-likeness (QED) is 0.858. The van der Waals surface area contributed by atoms with Crippen molar-refractivity contribution in [2.24, 2.45) is 0 Å². The summed E-state index contributed by atoms with van der Waals surface area (Å²) in [6.07, 6.45) is 1.51. The Morgan fingerprint density at radius 3 is 2.71 bits per heavy atom. The SMILES string of the molecule is CC(C)(C)N(CC(=O)O)c1cc(C#N)ccn1. The highest BCUT2D eigenvalue weighted by Gasteiger charge is 2.25. The Balaban J connectivity index is 3.13. The molecule has 0 aliphatic rings. The van der Waals surface area contributed by atoms with E-state index < -0.39 is 5.97 Å². The van der Waals surface area contributed by atoms with Crippen molar-refractivity contribution in [3.8, 4) is 6.07 Å². The van der Waals surface area contributed by atoms with Gasteiger partial charge in [0.1, 0.15) is 12.4 Å². The molecule has 1 aromatic heterocycles. The van der Waals surface area contributed by atoms with Gasteiger partial charge in [-0.25, -0.2) is 4.98 Å². The van der Waals surface area contributed by atoms with Gasteiger partial charge in [-0.2, -0.15) is 5.26 Å². The Morgan fingerprint density at radius 1 is 1.59 bits per heavy atom. The normalized spacial score (nSPS) is 10.7. The number of anilines is 1. The van der Waals surface area contributed by atoms with Crippen LogP contribution in [0.3, 0.4) is 0 Å². The van der Waals surface area contributed by atoms with E-state index in [2.05, 4.69) is 4.98 Å². The average Bonchev–Trinajstić information content (AvgIpc) is 2.24. The number of aromatic nitrogens is 1. The molecule has 0 amide bonds. The summed E-state index contributed by atoms with van der Waals surface area (Å²) in [5.41, 5.74) is 0.0917. The lowest BCUT2D eigenvalue weighted by Crippen LogP contribution is -2.45. The highest BCUT2D eigenvalue weighted by molar-refractivity contribution is 5.73. The third-order valence-corrected chi connectivity index (χ3v) is 2.25. The van der Waals surface area contributed by atoms with Gasteiger partial charge in [-0.3, -0.25) is 4.79 Å². The third kappa shape index (κ3) is 3.45. The predicted molar refractivity (Wildman–Crippen MR) is 63.7 cm³/mol. The lowest BCUT2D eigenvalue weighted by Gasteiger charge is -2.35. The lowest BCUT2D eigenvalue weighted by atomic mass is 10.1. The second-order valence-electron chi connectivity index (χ2n) is 4.67. The van der Waals surface area contributed by atoms with Crippen molar-refractivity contribution in [2.45, 2.75) is 26.3 Å². The molecule has 0 radical (unpaired) electrons. The van der Waals surface area contributed by atoms with Gasteiger partial charge in [0.15, 0.2) is 0 Å². The fraction of sp³-hybridized carbons (Fsp3) is 0.417. The molecule has 1 rings (SSSR count). The van der Waals surface area contributed by atoms with Crippen LogP contribution in [0.5, 0.6) is 0 Å². The molecule has 5 nitrogen and oxygen atoms in total. The molecular weight excluding hydrogens is 218 g/mol. The maximum Gasteiger partial charge on any atom is 0.323 e. The number of nitrogens with zero attached hydrogens (tertiary/aromatic N) is 3. The Morgan fingerprint density at radius 2 is 2.24 bits per heavy atom. The van der Waals surface area contributed by atoms with Crippen LogP contribution in [0.15, 0.2) is 18.3 Å². The summed E-state index contributed by atoms with van der Waals surface area (Å²) in [6.45, 7) is 5.55. The van der Waals surface area contributed by atoms with Crippen LogP contribution >= 0.6 is 0 Å². The van der Waals surface area contributed by atoms with Gasteiger partial charge in [-0.05, 0) is 32.9 Å². The van der Waals surface area contributed by atoms with Gasteiger partial charge in [0.2, 0.25) is 0 Å². The molecule has 0 bridgehead atoms. The number of aliphatic carboxylic acids is 1. The van der Waals surface area contributed by atoms with E-state index >= 15 is 0 Å². The molecule has 0 aliphatic heterocycles. The zero-order valence-electron chi connectivity index (χ0n) is 10.1. The van der Waals surface area contributed by atoms with Crippen LogP contribution in [0.1, 0.15) is 26.3 Å². The summed E-state index contributed by atoms with van der Waals surface area (Å²) in [4.78, 5) is 16.6. The van der Waals surface area contributed by atoms with Crippen LogP contribution in [-0.2, 0) is 4.79 Å². The van der Waals surface area contributed by atoms with E-state index in [0.717, 1.165) is 0 Å². The summed E-state index contributed by atoms with van der Waals surface area (Å²) in [7, 11) is 0. The van der Waals surface area contributed by atoms with E-state index in [1.54, 1.807) is 17.0 Å². The largest absolute Gasteiger partial charge is 0.480 e. The maximum atomic E-state index is 10.8. The standard InChI is InChI=1S/C12H15N3O2/c1-12(2,3)15(8-11(16)17)10-6-9(7-13)4-5-14-10/h4-6H,8H2,1-3H3,(H,16,17). The number of carboxylic acid groups (broad SMARTS) is 1. The Kier molecular flexibility index (Phi) is 3.69. The molecule has 0 unspecified atom stereocenters. The number of pyridine rings is 1. The van der Waals surface area contributed by atoms with E-state index in [-0.39, 0.29) is 12.1 Å². The van der Waals surface area contributed by atoms with E-state index in [1.807, 2.05) is 26.8 Å². The van der Waals surface area contributed by atoms with Gasteiger partial charge in [0.05, 0.1) is 11.6 Å². The summed E-state index contributed by atoms with van der Waals surface area (Å²) >= 11 is 0. The summed E-state index contributed by atoms with van der Waals surface area (Å²) in [6, 6.07) is 5.19. The number of hydrogen-bond acceptors (Lipinski definition) is 4. The van der Waals surface area contributed by atoms with Crippen LogP contribution < -0.4 is 4.90 Å². The van der Waals surface area contributed by atoms with E-state index in [9.17, 15) is 4.79 Å². The summed E-state index contributed by atoms with van der Waals surface area (Å²) in [5, 5.41) is 17.7. The first-order valence-corrected chi connectivity index (χ1v) is 5.20. The van der Waals surface area contributed by atoms with Crippen molar-refractivity contribution < 1.29 is 9.90 Å². The molecule has 1 heterocycles. The lowest BCUT2D eigenvalue weighted by molar-refractivity contribution is -0.135. The third-order valence-electron chi connectivity index (χ3n) is 2.25. The molecule has 90 valence electrons. The van der Waals surface area contributed by atoms with Crippen molar-refractivity contribution >= 4 is 11.8 Å². The molecule has 0 saturated carbocycles. The van der Waals surface area contributed by atoms with Crippen LogP contribution in [0.25, 0.3) is 0 Å². The van der Waals surface area contributed by atoms with Crippen LogP contribution in [-0.4, -0.2) is 28.1 Å². The molecule has 0 spiro atoms. The van der Waals surface area contributed by atoms with Gasteiger partial charge in [-0.1, -0.05) is 0 Å². The molecule has 1 aromatic rings. The van der Waals surface area contributed by atoms with E-state index in [1.165, 1.54) is 6.20 Å². The highest BCUT2D eigenvalue weighted by Crippen LogP contribution is 2.21. The molecule has 5 heteroatoms. The van der Waals surface area contributed by atoms with Crippen molar-refractivity contribution in [1.29, 1.82) is 5.26 Å². The average molecular weight is 233 g/mol. The Hall–Kier alpha value is -2.09. The molecule has 0 saturated heterocycles. The number of carbonyl (C=O) groups is 1. The van der Waals surface area contributed by atoms with Crippen molar-refractivity contribution in [3.05, 3.63) is 23.9 Å². The Labute approximate surface area is 100 Å². The van der Waals surface area contributed by atoms with Crippen LogP contribution in [0.4, 0.5) is 5.82 Å². The zero-order chi connectivity index (χ0) is 13.1. The predicted octanol–water partition coefficient (Wildman–Crippen LogP) is 1.64. The highest BCUT2D eigenvalue weighted by atomic mass is 16.4. The number of hydrogen-bond donors (Lipinski definition) is 1. The molecule has 0 aliphatic carbocycles. The zero-order valence-corrected chi connectivity index (χ0v) is 10.1. The Bertz CT molecular complexity index is 458. The van der Waals surface area contributed by atoms with Crippen LogP contribution in [0.2, 0.25) is 0 Å². The van der Waals surface area contributed by atoms with Gasteiger partial charge < -0.3 is 10.0 Å². The summed E-state index contributed by atoms with van der Waals surface area (Å²) < 4.78 is 0. The molecule has 1 N–H and O–H groups in total. The topological polar surface area (TPSA) is 77.2 Å². The van der Waals surface area contributed by atoms with Crippen molar-refractivity contribution in [3.63, 3.8) is 0 Å². The number of carboxylic acids is 1. The van der Waals surface area contributed by atoms with Gasteiger partial charge in [0, 0.05) is 11.7 Å². The van der Waals surface area contributed by atoms with E-state index in [0.29, 0.717) is 11.4 Å². The minimum atomic E-state index is -0.927. The molecular formula is C12H15N3O2.